The molecule has 1 heterocycles. The fourth-order valence-corrected chi connectivity index (χ4v) is 2.37. The van der Waals surface area contributed by atoms with E-state index in [0.717, 1.165) is 11.3 Å². The summed E-state index contributed by atoms with van der Waals surface area (Å²) in [4.78, 5) is 24.6. The number of nitrogens with zero attached hydrogens (tertiary/aromatic N) is 1. The second-order valence-electron chi connectivity index (χ2n) is 4.43. The van der Waals surface area contributed by atoms with Crippen LogP contribution in [0.2, 0.25) is 0 Å². The van der Waals surface area contributed by atoms with Crippen molar-refractivity contribution in [3.8, 4) is 0 Å². The molecule has 0 spiro atoms. The van der Waals surface area contributed by atoms with Crippen LogP contribution in [0, 0.1) is 0 Å². The van der Waals surface area contributed by atoms with Crippen molar-refractivity contribution in [2.24, 2.45) is 0 Å². The lowest BCUT2D eigenvalue weighted by Gasteiger charge is -2.37. The van der Waals surface area contributed by atoms with E-state index in [1.807, 2.05) is 35.1 Å². The number of methoxy groups -OCH3 is 1. The minimum Gasteiger partial charge on any atom is -0.465 e. The first kappa shape index (κ1) is 14.3. The van der Waals surface area contributed by atoms with E-state index in [9.17, 15) is 9.59 Å². The normalized spacial score (nSPS) is 17.4. The summed E-state index contributed by atoms with van der Waals surface area (Å²) in [6.45, 7) is 2.20. The summed E-state index contributed by atoms with van der Waals surface area (Å²) >= 11 is 0. The van der Waals surface area contributed by atoms with Crippen LogP contribution >= 0.6 is 0 Å². The Morgan fingerprint density at radius 2 is 2.20 bits per heavy atom. The van der Waals surface area contributed by atoms with Gasteiger partial charge < -0.3 is 14.4 Å². The Morgan fingerprint density at radius 1 is 1.45 bits per heavy atom. The third-order valence-corrected chi connectivity index (χ3v) is 3.27. The summed E-state index contributed by atoms with van der Waals surface area (Å²) < 4.78 is 10.4. The molecule has 1 aromatic carbocycles. The van der Waals surface area contributed by atoms with Gasteiger partial charge in [0.2, 0.25) is 0 Å². The highest BCUT2D eigenvalue weighted by Gasteiger charge is 2.31. The lowest BCUT2D eigenvalue weighted by molar-refractivity contribution is -0.141. The maximum absolute atomic E-state index is 11.7. The van der Waals surface area contributed by atoms with Gasteiger partial charge in [0, 0.05) is 30.4 Å². The van der Waals surface area contributed by atoms with Gasteiger partial charge >= 0.3 is 5.97 Å². The Morgan fingerprint density at radius 3 is 2.85 bits per heavy atom. The van der Waals surface area contributed by atoms with Crippen molar-refractivity contribution in [2.75, 3.05) is 25.2 Å². The van der Waals surface area contributed by atoms with Gasteiger partial charge in [-0.1, -0.05) is 18.2 Å². The van der Waals surface area contributed by atoms with Crippen molar-refractivity contribution in [1.29, 1.82) is 0 Å². The van der Waals surface area contributed by atoms with E-state index >= 15 is 0 Å². The molecule has 0 N–H and O–H groups in total. The summed E-state index contributed by atoms with van der Waals surface area (Å²) in [5, 5.41) is 0. The Kier molecular flexibility index (Phi) is 4.56. The first-order valence-corrected chi connectivity index (χ1v) is 6.49. The Balaban J connectivity index is 2.37. The molecule has 1 aromatic rings. The number of anilines is 1. The van der Waals surface area contributed by atoms with Gasteiger partial charge in [0.25, 0.3) is 0 Å². The molecule has 0 radical (unpaired) electrons. The molecule has 0 bridgehead atoms. The fraction of sp³-hybridized carbons (Fsp3) is 0.400. The van der Waals surface area contributed by atoms with E-state index in [1.54, 1.807) is 14.0 Å². The number of carbonyl (C=O) groups excluding carboxylic acids is 2. The van der Waals surface area contributed by atoms with E-state index in [1.165, 1.54) is 0 Å². The molecule has 0 fully saturated rings. The van der Waals surface area contributed by atoms with Crippen LogP contribution in [0.1, 0.15) is 18.9 Å². The second-order valence-corrected chi connectivity index (χ2v) is 4.43. The summed E-state index contributed by atoms with van der Waals surface area (Å²) in [6, 6.07) is 7.42. The minimum absolute atomic E-state index is 0.0928. The number of ether oxygens (including phenoxy) is 2. The largest absolute Gasteiger partial charge is 0.465 e. The van der Waals surface area contributed by atoms with Crippen molar-refractivity contribution >= 4 is 23.2 Å². The van der Waals surface area contributed by atoms with Crippen LogP contribution in [0.5, 0.6) is 0 Å². The predicted molar refractivity (Wildman–Crippen MR) is 74.9 cm³/mol. The highest BCUT2D eigenvalue weighted by Crippen LogP contribution is 2.36. The van der Waals surface area contributed by atoms with Crippen LogP contribution in [0.25, 0.3) is 5.57 Å². The van der Waals surface area contributed by atoms with Gasteiger partial charge in [-0.05, 0) is 13.0 Å². The highest BCUT2D eigenvalue weighted by atomic mass is 16.5. The van der Waals surface area contributed by atoms with Gasteiger partial charge in [-0.2, -0.15) is 0 Å². The molecular formula is C15H17NO4. The summed E-state index contributed by atoms with van der Waals surface area (Å²) in [5.41, 5.74) is 2.14. The molecule has 1 unspecified atom stereocenters. The van der Waals surface area contributed by atoms with Crippen molar-refractivity contribution < 1.29 is 19.1 Å². The third-order valence-electron chi connectivity index (χ3n) is 3.27. The average Bonchev–Trinajstić information content (AvgIpc) is 2.47. The molecule has 20 heavy (non-hydrogen) atoms. The number of fused-ring (bicyclic) bond motifs is 1. The van der Waals surface area contributed by atoms with Crippen molar-refractivity contribution in [3.63, 3.8) is 0 Å². The molecule has 2 rings (SSSR count). The van der Waals surface area contributed by atoms with Crippen molar-refractivity contribution in [1.82, 2.24) is 0 Å². The van der Waals surface area contributed by atoms with Gasteiger partial charge in [0.05, 0.1) is 6.61 Å². The van der Waals surface area contributed by atoms with E-state index in [0.29, 0.717) is 18.6 Å². The Bertz CT molecular complexity index is 549. The van der Waals surface area contributed by atoms with Crippen LogP contribution in [0.3, 0.4) is 0 Å². The number of rotatable bonds is 4. The van der Waals surface area contributed by atoms with Gasteiger partial charge in [-0.25, -0.2) is 4.79 Å². The predicted octanol–water partition coefficient (Wildman–Crippen LogP) is 1.65. The molecule has 0 aromatic heterocycles. The monoisotopic (exact) mass is 275 g/mol. The first-order chi connectivity index (χ1) is 9.71. The Hall–Kier alpha value is -2.10. The molecule has 0 saturated heterocycles. The number of para-hydroxylation sites is 1. The minimum atomic E-state index is -0.370. The van der Waals surface area contributed by atoms with Crippen molar-refractivity contribution in [3.05, 3.63) is 29.8 Å². The van der Waals surface area contributed by atoms with Crippen LogP contribution < -0.4 is 4.90 Å². The first-order valence-electron chi connectivity index (χ1n) is 6.49. The molecule has 106 valence electrons. The van der Waals surface area contributed by atoms with Gasteiger partial charge in [-0.3, -0.25) is 4.79 Å². The number of esters is 1. The molecule has 1 atom stereocenters. The van der Waals surface area contributed by atoms with E-state index in [2.05, 4.69) is 0 Å². The molecule has 1 aliphatic heterocycles. The zero-order valence-corrected chi connectivity index (χ0v) is 11.6. The maximum Gasteiger partial charge on any atom is 0.325 e. The van der Waals surface area contributed by atoms with Gasteiger partial charge in [0.15, 0.2) is 0 Å². The number of carbonyl (C=O) groups is 1. The Labute approximate surface area is 117 Å². The van der Waals surface area contributed by atoms with Crippen LogP contribution in [0.15, 0.2) is 24.3 Å². The zero-order valence-electron chi connectivity index (χ0n) is 11.6. The smallest absolute Gasteiger partial charge is 0.325 e. The molecule has 0 saturated carbocycles. The maximum atomic E-state index is 11.7. The quantitative estimate of drug-likeness (QED) is 0.617. The lowest BCUT2D eigenvalue weighted by atomic mass is 9.96. The topological polar surface area (TPSA) is 55.8 Å². The molecular weight excluding hydrogens is 258 g/mol. The van der Waals surface area contributed by atoms with Crippen LogP contribution in [-0.4, -0.2) is 38.4 Å². The number of hydrogen-bond acceptors (Lipinski definition) is 5. The highest BCUT2D eigenvalue weighted by molar-refractivity contribution is 5.95. The standard InChI is InChI=1S/C15H17NO4/c1-3-20-15(18)9-16-13-7-5-4-6-12(13)11(10-17)8-14(16)19-2/h4-7,14H,3,8-9H2,1-2H3. The summed E-state index contributed by atoms with van der Waals surface area (Å²) in [6.07, 6.45) is 0.0296. The van der Waals surface area contributed by atoms with E-state index < -0.39 is 0 Å². The van der Waals surface area contributed by atoms with Crippen molar-refractivity contribution in [2.45, 2.75) is 19.6 Å². The molecule has 0 aliphatic carbocycles. The van der Waals surface area contributed by atoms with E-state index in [4.69, 9.17) is 9.47 Å². The molecule has 5 heteroatoms. The lowest BCUT2D eigenvalue weighted by Crippen LogP contribution is -2.43. The van der Waals surface area contributed by atoms with Gasteiger partial charge in [-0.15, -0.1) is 0 Å². The van der Waals surface area contributed by atoms with Gasteiger partial charge in [0.1, 0.15) is 18.7 Å². The SMILES string of the molecule is CCOC(=O)CN1c2ccccc2C(=C=O)CC1OC. The number of benzene rings is 1. The third kappa shape index (κ3) is 2.74. The van der Waals surface area contributed by atoms with Crippen LogP contribution in [0.4, 0.5) is 5.69 Å². The zero-order chi connectivity index (χ0) is 14.5. The molecule has 5 nitrogen and oxygen atoms in total. The molecule has 0 amide bonds. The average molecular weight is 275 g/mol. The molecule has 1 aliphatic rings. The summed E-state index contributed by atoms with van der Waals surface area (Å²) in [5.74, 6) is 1.65. The fourth-order valence-electron chi connectivity index (χ4n) is 2.37. The second kappa shape index (κ2) is 6.37. The van der Waals surface area contributed by atoms with Crippen LogP contribution in [-0.2, 0) is 19.1 Å². The number of hydrogen-bond donors (Lipinski definition) is 0. The summed E-state index contributed by atoms with van der Waals surface area (Å²) in [7, 11) is 1.55. The van der Waals surface area contributed by atoms with E-state index in [-0.39, 0.29) is 18.7 Å².